The van der Waals surface area contributed by atoms with Gasteiger partial charge in [-0.3, -0.25) is 0 Å². The molecule has 76 valence electrons. The molecular formula is C12H17NO. The number of rotatable bonds is 2. The van der Waals surface area contributed by atoms with Crippen LogP contribution in [-0.2, 0) is 0 Å². The number of ether oxygens (including phenoxy) is 1. The molecule has 1 aliphatic rings. The minimum atomic E-state index is 0.713. The van der Waals surface area contributed by atoms with Crippen molar-refractivity contribution in [3.05, 3.63) is 23.9 Å². The van der Waals surface area contributed by atoms with Crippen LogP contribution in [0.15, 0.2) is 18.3 Å². The lowest BCUT2D eigenvalue weighted by molar-refractivity contribution is 0.395. The van der Waals surface area contributed by atoms with Crippen LogP contribution in [0.4, 0.5) is 0 Å². The van der Waals surface area contributed by atoms with Crippen molar-refractivity contribution in [2.75, 3.05) is 7.11 Å². The second kappa shape index (κ2) is 4.45. The van der Waals surface area contributed by atoms with Crippen molar-refractivity contribution in [1.29, 1.82) is 0 Å². The fourth-order valence-corrected chi connectivity index (χ4v) is 2.19. The molecule has 0 unspecified atom stereocenters. The predicted octanol–water partition coefficient (Wildman–Crippen LogP) is 3.14. The Labute approximate surface area is 85.3 Å². The van der Waals surface area contributed by atoms with E-state index in [0.29, 0.717) is 5.88 Å². The average molecular weight is 191 g/mol. The van der Waals surface area contributed by atoms with Gasteiger partial charge in [-0.25, -0.2) is 4.98 Å². The first-order valence-corrected chi connectivity index (χ1v) is 5.40. The van der Waals surface area contributed by atoms with Gasteiger partial charge in [-0.05, 0) is 24.3 Å². The quantitative estimate of drug-likeness (QED) is 0.716. The number of hydrogen-bond acceptors (Lipinski definition) is 2. The maximum Gasteiger partial charge on any atom is 0.212 e. The molecular weight excluding hydrogens is 174 g/mol. The van der Waals surface area contributed by atoms with Crippen LogP contribution in [0.2, 0.25) is 0 Å². The van der Waals surface area contributed by atoms with Gasteiger partial charge in [0.05, 0.1) is 7.11 Å². The van der Waals surface area contributed by atoms with Gasteiger partial charge in [-0.2, -0.15) is 0 Å². The first-order chi connectivity index (χ1) is 6.90. The zero-order valence-electron chi connectivity index (χ0n) is 8.70. The zero-order chi connectivity index (χ0) is 9.80. The molecule has 2 rings (SSSR count). The Morgan fingerprint density at radius 2 is 2.00 bits per heavy atom. The summed E-state index contributed by atoms with van der Waals surface area (Å²) in [5, 5.41) is 0. The first-order valence-electron chi connectivity index (χ1n) is 5.40. The van der Waals surface area contributed by atoms with Crippen LogP contribution >= 0.6 is 0 Å². The molecule has 2 nitrogen and oxygen atoms in total. The number of nitrogens with zero attached hydrogens (tertiary/aromatic N) is 1. The molecule has 0 bridgehead atoms. The largest absolute Gasteiger partial charge is 0.481 e. The minimum absolute atomic E-state index is 0.713. The van der Waals surface area contributed by atoms with Crippen molar-refractivity contribution < 1.29 is 4.74 Å². The summed E-state index contributed by atoms with van der Waals surface area (Å²) in [5.41, 5.74) is 1.38. The lowest BCUT2D eigenvalue weighted by atomic mass is 9.85. The van der Waals surface area contributed by atoms with Gasteiger partial charge in [0.15, 0.2) is 0 Å². The summed E-state index contributed by atoms with van der Waals surface area (Å²) >= 11 is 0. The summed E-state index contributed by atoms with van der Waals surface area (Å²) < 4.78 is 5.05. The summed E-state index contributed by atoms with van der Waals surface area (Å²) in [5.74, 6) is 1.45. The molecule has 1 heterocycles. The monoisotopic (exact) mass is 191 g/mol. The lowest BCUT2D eigenvalue weighted by Gasteiger charge is -2.21. The summed E-state index contributed by atoms with van der Waals surface area (Å²) in [6.45, 7) is 0. The Morgan fingerprint density at radius 3 is 2.57 bits per heavy atom. The fourth-order valence-electron chi connectivity index (χ4n) is 2.19. The van der Waals surface area contributed by atoms with Crippen molar-refractivity contribution in [3.63, 3.8) is 0 Å². The summed E-state index contributed by atoms with van der Waals surface area (Å²) in [4.78, 5) is 4.25. The topological polar surface area (TPSA) is 22.1 Å². The standard InChI is InChI=1S/C12H17NO/c1-14-12-8-7-11(9-13-12)10-5-3-2-4-6-10/h7-10H,2-6H2,1H3. The highest BCUT2D eigenvalue weighted by Gasteiger charge is 2.15. The van der Waals surface area contributed by atoms with E-state index in [4.69, 9.17) is 4.74 Å². The predicted molar refractivity (Wildman–Crippen MR) is 56.6 cm³/mol. The van der Waals surface area contributed by atoms with Gasteiger partial charge in [0.2, 0.25) is 5.88 Å². The number of hydrogen-bond donors (Lipinski definition) is 0. The van der Waals surface area contributed by atoms with E-state index in [1.807, 2.05) is 12.3 Å². The Kier molecular flexibility index (Phi) is 3.02. The van der Waals surface area contributed by atoms with Crippen molar-refractivity contribution >= 4 is 0 Å². The van der Waals surface area contributed by atoms with Gasteiger partial charge in [0.25, 0.3) is 0 Å². The molecule has 1 aromatic heterocycles. The van der Waals surface area contributed by atoms with E-state index in [1.165, 1.54) is 37.7 Å². The number of methoxy groups -OCH3 is 1. The highest BCUT2D eigenvalue weighted by atomic mass is 16.5. The zero-order valence-corrected chi connectivity index (χ0v) is 8.70. The van der Waals surface area contributed by atoms with E-state index in [0.717, 1.165) is 5.92 Å². The summed E-state index contributed by atoms with van der Waals surface area (Å²) in [7, 11) is 1.66. The molecule has 1 saturated carbocycles. The minimum Gasteiger partial charge on any atom is -0.481 e. The molecule has 0 N–H and O–H groups in total. The molecule has 1 fully saturated rings. The summed E-state index contributed by atoms with van der Waals surface area (Å²) in [6.07, 6.45) is 8.77. The highest BCUT2D eigenvalue weighted by molar-refractivity contribution is 5.21. The molecule has 1 aromatic rings. The Bertz CT molecular complexity index is 275. The molecule has 0 saturated heterocycles. The van der Waals surface area contributed by atoms with Gasteiger partial charge in [-0.1, -0.05) is 25.3 Å². The van der Waals surface area contributed by atoms with Crippen LogP contribution in [0, 0.1) is 0 Å². The molecule has 0 amide bonds. The van der Waals surface area contributed by atoms with Crippen LogP contribution in [0.25, 0.3) is 0 Å². The van der Waals surface area contributed by atoms with E-state index >= 15 is 0 Å². The molecule has 0 aromatic carbocycles. The maximum absolute atomic E-state index is 5.05. The second-order valence-electron chi connectivity index (χ2n) is 3.97. The van der Waals surface area contributed by atoms with Gasteiger partial charge < -0.3 is 4.74 Å². The molecule has 0 aliphatic heterocycles. The van der Waals surface area contributed by atoms with Crippen LogP contribution in [0.1, 0.15) is 43.6 Å². The van der Waals surface area contributed by atoms with Crippen LogP contribution in [0.5, 0.6) is 5.88 Å². The highest BCUT2D eigenvalue weighted by Crippen LogP contribution is 2.32. The third-order valence-corrected chi connectivity index (χ3v) is 3.04. The second-order valence-corrected chi connectivity index (χ2v) is 3.97. The van der Waals surface area contributed by atoms with Crippen LogP contribution < -0.4 is 4.74 Å². The smallest absolute Gasteiger partial charge is 0.212 e. The Hall–Kier alpha value is -1.05. The van der Waals surface area contributed by atoms with E-state index in [1.54, 1.807) is 7.11 Å². The molecule has 0 spiro atoms. The van der Waals surface area contributed by atoms with E-state index in [-0.39, 0.29) is 0 Å². The van der Waals surface area contributed by atoms with Gasteiger partial charge in [-0.15, -0.1) is 0 Å². The molecule has 14 heavy (non-hydrogen) atoms. The van der Waals surface area contributed by atoms with Crippen LogP contribution in [-0.4, -0.2) is 12.1 Å². The lowest BCUT2D eigenvalue weighted by Crippen LogP contribution is -2.04. The first kappa shape index (κ1) is 9.50. The third kappa shape index (κ3) is 2.06. The van der Waals surface area contributed by atoms with Gasteiger partial charge in [0, 0.05) is 12.3 Å². The SMILES string of the molecule is COc1ccc(C2CCCCC2)cn1. The molecule has 0 atom stereocenters. The average Bonchev–Trinajstić information content (AvgIpc) is 2.30. The molecule has 2 heteroatoms. The third-order valence-electron chi connectivity index (χ3n) is 3.04. The summed E-state index contributed by atoms with van der Waals surface area (Å²) in [6, 6.07) is 4.12. The Balaban J connectivity index is 2.07. The Morgan fingerprint density at radius 1 is 1.21 bits per heavy atom. The number of aromatic nitrogens is 1. The van der Waals surface area contributed by atoms with Crippen molar-refractivity contribution in [3.8, 4) is 5.88 Å². The van der Waals surface area contributed by atoms with Crippen molar-refractivity contribution in [1.82, 2.24) is 4.98 Å². The molecule has 1 aliphatic carbocycles. The maximum atomic E-state index is 5.05. The van der Waals surface area contributed by atoms with Gasteiger partial charge in [0.1, 0.15) is 0 Å². The van der Waals surface area contributed by atoms with E-state index < -0.39 is 0 Å². The van der Waals surface area contributed by atoms with E-state index in [2.05, 4.69) is 11.1 Å². The number of pyridine rings is 1. The molecule has 0 radical (unpaired) electrons. The van der Waals surface area contributed by atoms with Crippen LogP contribution in [0.3, 0.4) is 0 Å². The van der Waals surface area contributed by atoms with Gasteiger partial charge >= 0.3 is 0 Å². The van der Waals surface area contributed by atoms with Crippen molar-refractivity contribution in [2.45, 2.75) is 38.0 Å². The van der Waals surface area contributed by atoms with E-state index in [9.17, 15) is 0 Å². The fraction of sp³-hybridized carbons (Fsp3) is 0.583. The normalized spacial score (nSPS) is 18.1. The van der Waals surface area contributed by atoms with Crippen molar-refractivity contribution in [2.24, 2.45) is 0 Å².